The first-order chi connectivity index (χ1) is 9.97. The number of ketones is 1. The molecule has 0 atom stereocenters. The van der Waals surface area contributed by atoms with Crippen molar-refractivity contribution in [3.63, 3.8) is 0 Å². The van der Waals surface area contributed by atoms with Gasteiger partial charge in [0.1, 0.15) is 5.75 Å². The standard InChI is InChI=1S/C14H11ClF2N2O2/c1-19-8-10(15)13(18-19)11(20)7-6-9-4-2-3-5-12(9)21-14(16)17/h2-8,14H,1H3. The lowest BCUT2D eigenvalue weighted by molar-refractivity contribution is -0.0499. The van der Waals surface area contributed by atoms with Crippen LogP contribution in [0.2, 0.25) is 5.02 Å². The van der Waals surface area contributed by atoms with E-state index < -0.39 is 12.4 Å². The van der Waals surface area contributed by atoms with Crippen LogP contribution in [0, 0.1) is 0 Å². The van der Waals surface area contributed by atoms with Crippen LogP contribution in [0.5, 0.6) is 5.75 Å². The Hall–Kier alpha value is -2.21. The van der Waals surface area contributed by atoms with Crippen molar-refractivity contribution in [2.24, 2.45) is 7.05 Å². The highest BCUT2D eigenvalue weighted by Gasteiger charge is 2.12. The Labute approximate surface area is 124 Å². The minimum absolute atomic E-state index is 0.0105. The summed E-state index contributed by atoms with van der Waals surface area (Å²) < 4.78 is 30.3. The first-order valence-electron chi connectivity index (χ1n) is 5.93. The fourth-order valence-electron chi connectivity index (χ4n) is 1.69. The Kier molecular flexibility index (Phi) is 4.70. The van der Waals surface area contributed by atoms with Gasteiger partial charge in [-0.15, -0.1) is 0 Å². The van der Waals surface area contributed by atoms with Crippen LogP contribution in [0.1, 0.15) is 16.1 Å². The largest absolute Gasteiger partial charge is 0.434 e. The molecule has 0 aliphatic rings. The van der Waals surface area contributed by atoms with Crippen LogP contribution >= 0.6 is 11.6 Å². The monoisotopic (exact) mass is 312 g/mol. The van der Waals surface area contributed by atoms with Crippen LogP contribution in [0.15, 0.2) is 36.5 Å². The molecule has 0 bridgehead atoms. The second kappa shape index (κ2) is 6.49. The summed E-state index contributed by atoms with van der Waals surface area (Å²) in [6.07, 6.45) is 4.09. The van der Waals surface area contributed by atoms with Crippen molar-refractivity contribution >= 4 is 23.5 Å². The van der Waals surface area contributed by atoms with Crippen LogP contribution in [0.25, 0.3) is 6.08 Å². The number of benzene rings is 1. The summed E-state index contributed by atoms with van der Waals surface area (Å²) in [5, 5.41) is 4.15. The third-order valence-corrected chi connectivity index (χ3v) is 2.84. The molecule has 0 amide bonds. The molecule has 7 heteroatoms. The molecule has 0 N–H and O–H groups in total. The maximum atomic E-state index is 12.3. The smallest absolute Gasteiger partial charge is 0.387 e. The van der Waals surface area contributed by atoms with Gasteiger partial charge in [-0.2, -0.15) is 13.9 Å². The van der Waals surface area contributed by atoms with Crippen molar-refractivity contribution in [1.29, 1.82) is 0 Å². The van der Waals surface area contributed by atoms with E-state index in [1.54, 1.807) is 25.2 Å². The fourth-order valence-corrected chi connectivity index (χ4v) is 1.96. The van der Waals surface area contributed by atoms with E-state index in [1.165, 1.54) is 29.1 Å². The topological polar surface area (TPSA) is 44.1 Å². The predicted octanol–water partition coefficient (Wildman–Crippen LogP) is 3.57. The molecular formula is C14H11ClF2N2O2. The number of hydrogen-bond acceptors (Lipinski definition) is 3. The number of aryl methyl sites for hydroxylation is 1. The number of carbonyl (C=O) groups excluding carboxylic acids is 1. The number of aromatic nitrogens is 2. The van der Waals surface area contributed by atoms with Crippen molar-refractivity contribution in [3.05, 3.63) is 52.8 Å². The molecule has 0 unspecified atom stereocenters. The number of rotatable bonds is 5. The van der Waals surface area contributed by atoms with Gasteiger partial charge in [-0.3, -0.25) is 9.48 Å². The number of carbonyl (C=O) groups is 1. The summed E-state index contributed by atoms with van der Waals surface area (Å²) in [5.41, 5.74) is 0.459. The number of ether oxygens (including phenoxy) is 1. The Morgan fingerprint density at radius 3 is 2.76 bits per heavy atom. The number of para-hydroxylation sites is 1. The average molecular weight is 313 g/mol. The van der Waals surface area contributed by atoms with Gasteiger partial charge in [-0.05, 0) is 18.2 Å². The van der Waals surface area contributed by atoms with Gasteiger partial charge in [0.2, 0.25) is 5.78 Å². The number of hydrogen-bond donors (Lipinski definition) is 0. The molecular weight excluding hydrogens is 302 g/mol. The Balaban J connectivity index is 2.21. The molecule has 4 nitrogen and oxygen atoms in total. The molecule has 0 radical (unpaired) electrons. The highest BCUT2D eigenvalue weighted by atomic mass is 35.5. The molecule has 0 saturated heterocycles. The Bertz CT molecular complexity index is 683. The molecule has 2 rings (SSSR count). The molecule has 110 valence electrons. The second-order valence-electron chi connectivity index (χ2n) is 4.11. The van der Waals surface area contributed by atoms with E-state index in [4.69, 9.17) is 11.6 Å². The number of halogens is 3. The summed E-state index contributed by atoms with van der Waals surface area (Å²) in [6.45, 7) is -2.93. The SMILES string of the molecule is Cn1cc(Cl)c(C(=O)C=Cc2ccccc2OC(F)F)n1. The molecule has 21 heavy (non-hydrogen) atoms. The Morgan fingerprint density at radius 2 is 2.14 bits per heavy atom. The lowest BCUT2D eigenvalue weighted by Crippen LogP contribution is -2.03. The van der Waals surface area contributed by atoms with Gasteiger partial charge in [0.25, 0.3) is 0 Å². The molecule has 0 aliphatic heterocycles. The van der Waals surface area contributed by atoms with Crippen molar-refractivity contribution in [3.8, 4) is 5.75 Å². The van der Waals surface area contributed by atoms with Crippen molar-refractivity contribution in [1.82, 2.24) is 9.78 Å². The summed E-state index contributed by atoms with van der Waals surface area (Å²) in [6, 6.07) is 6.16. The van der Waals surface area contributed by atoms with Gasteiger partial charge in [0, 0.05) is 18.8 Å². The first-order valence-corrected chi connectivity index (χ1v) is 6.30. The second-order valence-corrected chi connectivity index (χ2v) is 4.52. The highest BCUT2D eigenvalue weighted by Crippen LogP contribution is 2.22. The van der Waals surface area contributed by atoms with E-state index in [0.29, 0.717) is 5.56 Å². The van der Waals surface area contributed by atoms with Gasteiger partial charge in [0.05, 0.1) is 5.02 Å². The minimum atomic E-state index is -2.93. The van der Waals surface area contributed by atoms with E-state index in [1.807, 2.05) is 0 Å². The fraction of sp³-hybridized carbons (Fsp3) is 0.143. The van der Waals surface area contributed by atoms with E-state index in [9.17, 15) is 13.6 Å². The Morgan fingerprint density at radius 1 is 1.43 bits per heavy atom. The van der Waals surface area contributed by atoms with Gasteiger partial charge in [-0.1, -0.05) is 29.8 Å². The minimum Gasteiger partial charge on any atom is -0.434 e. The first kappa shape index (κ1) is 15.2. The summed E-state index contributed by atoms with van der Waals surface area (Å²) >= 11 is 5.86. The normalized spacial score (nSPS) is 11.3. The zero-order chi connectivity index (χ0) is 15.4. The average Bonchev–Trinajstić information content (AvgIpc) is 2.76. The van der Waals surface area contributed by atoms with E-state index in [-0.39, 0.29) is 16.5 Å². The molecule has 2 aromatic rings. The van der Waals surface area contributed by atoms with Crippen molar-refractivity contribution < 1.29 is 18.3 Å². The number of alkyl halides is 2. The van der Waals surface area contributed by atoms with Gasteiger partial charge >= 0.3 is 6.61 Å². The molecule has 1 aromatic heterocycles. The molecule has 0 fully saturated rings. The van der Waals surface area contributed by atoms with Crippen LogP contribution < -0.4 is 4.74 Å². The van der Waals surface area contributed by atoms with Crippen molar-refractivity contribution in [2.45, 2.75) is 6.61 Å². The lowest BCUT2D eigenvalue weighted by atomic mass is 10.1. The molecule has 0 saturated carbocycles. The highest BCUT2D eigenvalue weighted by molar-refractivity contribution is 6.34. The zero-order valence-corrected chi connectivity index (χ0v) is 11.7. The molecule has 0 spiro atoms. The van der Waals surface area contributed by atoms with Gasteiger partial charge in [0.15, 0.2) is 5.69 Å². The van der Waals surface area contributed by atoms with Crippen LogP contribution in [0.4, 0.5) is 8.78 Å². The summed E-state index contributed by atoms with van der Waals surface area (Å²) in [4.78, 5) is 11.9. The predicted molar refractivity (Wildman–Crippen MR) is 74.7 cm³/mol. The van der Waals surface area contributed by atoms with Crippen molar-refractivity contribution in [2.75, 3.05) is 0 Å². The van der Waals surface area contributed by atoms with E-state index >= 15 is 0 Å². The molecule has 0 aliphatic carbocycles. The number of nitrogens with zero attached hydrogens (tertiary/aromatic N) is 2. The third-order valence-electron chi connectivity index (χ3n) is 2.57. The maximum Gasteiger partial charge on any atom is 0.387 e. The van der Waals surface area contributed by atoms with E-state index in [0.717, 1.165) is 0 Å². The van der Waals surface area contributed by atoms with Crippen LogP contribution in [0.3, 0.4) is 0 Å². The van der Waals surface area contributed by atoms with Gasteiger partial charge in [-0.25, -0.2) is 0 Å². The third kappa shape index (κ3) is 3.88. The summed E-state index contributed by atoms with van der Waals surface area (Å²) in [5.74, 6) is -0.434. The number of allylic oxidation sites excluding steroid dienone is 1. The van der Waals surface area contributed by atoms with Gasteiger partial charge < -0.3 is 4.74 Å². The van der Waals surface area contributed by atoms with E-state index in [2.05, 4.69) is 9.84 Å². The maximum absolute atomic E-state index is 12.3. The lowest BCUT2D eigenvalue weighted by Gasteiger charge is -2.06. The molecule has 1 heterocycles. The quantitative estimate of drug-likeness (QED) is 0.626. The van der Waals surface area contributed by atoms with Crippen LogP contribution in [-0.4, -0.2) is 22.2 Å². The molecule has 1 aromatic carbocycles. The van der Waals surface area contributed by atoms with Crippen LogP contribution in [-0.2, 0) is 7.05 Å². The zero-order valence-electron chi connectivity index (χ0n) is 11.0. The summed E-state index contributed by atoms with van der Waals surface area (Å²) in [7, 11) is 1.64.